The third-order valence-electron chi connectivity index (χ3n) is 3.96. The largest absolute Gasteiger partial charge is 0.544 e. The van der Waals surface area contributed by atoms with E-state index in [-0.39, 0.29) is 5.41 Å². The Kier molecular flexibility index (Phi) is 5.36. The van der Waals surface area contributed by atoms with E-state index in [1.807, 2.05) is 0 Å². The van der Waals surface area contributed by atoms with Crippen LogP contribution in [0.25, 0.3) is 0 Å². The van der Waals surface area contributed by atoms with Crippen LogP contribution in [-0.2, 0) is 0 Å². The van der Waals surface area contributed by atoms with Crippen LogP contribution in [0.1, 0.15) is 32.4 Å². The summed E-state index contributed by atoms with van der Waals surface area (Å²) in [6, 6.07) is 9.26. The number of hydrogen-bond donors (Lipinski definition) is 1. The molecule has 3 nitrogen and oxygen atoms in total. The second kappa shape index (κ2) is 6.73. The molecule has 1 aliphatic rings. The van der Waals surface area contributed by atoms with Crippen LogP contribution >= 0.6 is 0 Å². The number of nitrogens with one attached hydrogen (secondary N) is 1. The highest BCUT2D eigenvalue weighted by Gasteiger charge is 2.32. The molecule has 1 atom stereocenters. The molecule has 1 aliphatic heterocycles. The summed E-state index contributed by atoms with van der Waals surface area (Å²) in [6.45, 7) is 18.1. The maximum Gasteiger partial charge on any atom is 0.242 e. The van der Waals surface area contributed by atoms with Crippen molar-refractivity contribution in [2.75, 3.05) is 26.2 Å². The van der Waals surface area contributed by atoms with Gasteiger partial charge in [-0.2, -0.15) is 0 Å². The fraction of sp³-hybridized carbons (Fsp3) is 0.667. The van der Waals surface area contributed by atoms with Gasteiger partial charge in [-0.25, -0.2) is 0 Å². The molecule has 0 amide bonds. The van der Waals surface area contributed by atoms with Crippen molar-refractivity contribution in [1.29, 1.82) is 0 Å². The molecule has 4 heteroatoms. The molecule has 0 aromatic heterocycles. The summed E-state index contributed by atoms with van der Waals surface area (Å²) in [7, 11) is -1.53. The van der Waals surface area contributed by atoms with Crippen molar-refractivity contribution in [2.45, 2.75) is 46.5 Å². The molecule has 0 bridgehead atoms. The molecule has 1 heterocycles. The topological polar surface area (TPSA) is 24.5 Å². The minimum absolute atomic E-state index is 0.221. The minimum atomic E-state index is -1.53. The first-order chi connectivity index (χ1) is 10.2. The van der Waals surface area contributed by atoms with Crippen molar-refractivity contribution in [3.63, 3.8) is 0 Å². The van der Waals surface area contributed by atoms with Gasteiger partial charge in [-0.1, -0.05) is 32.9 Å². The molecule has 2 rings (SSSR count). The molecule has 22 heavy (non-hydrogen) atoms. The van der Waals surface area contributed by atoms with Gasteiger partial charge in [0.25, 0.3) is 0 Å². The monoisotopic (exact) mass is 320 g/mol. The van der Waals surface area contributed by atoms with Crippen LogP contribution in [0, 0.1) is 5.41 Å². The van der Waals surface area contributed by atoms with E-state index >= 15 is 0 Å². The van der Waals surface area contributed by atoms with Crippen LogP contribution in [0.4, 0.5) is 0 Å². The second-order valence-corrected chi connectivity index (χ2v) is 12.8. The van der Waals surface area contributed by atoms with Crippen molar-refractivity contribution < 1.29 is 4.43 Å². The van der Waals surface area contributed by atoms with Crippen LogP contribution in [-0.4, -0.2) is 39.4 Å². The van der Waals surface area contributed by atoms with Gasteiger partial charge in [0.15, 0.2) is 0 Å². The summed E-state index contributed by atoms with van der Waals surface area (Å²) < 4.78 is 6.08. The molecular formula is C18H32N2OSi. The van der Waals surface area contributed by atoms with Gasteiger partial charge in [0.05, 0.1) is 0 Å². The summed E-state index contributed by atoms with van der Waals surface area (Å²) in [5, 5.41) is 3.45. The van der Waals surface area contributed by atoms with Gasteiger partial charge >= 0.3 is 0 Å². The first kappa shape index (κ1) is 17.5. The SMILES string of the molecule is CC(C)(C)[C@H](c1ccc(O[Si](C)(C)C)cc1)N1CCNCC1. The van der Waals surface area contributed by atoms with Crippen molar-refractivity contribution in [2.24, 2.45) is 5.41 Å². The smallest absolute Gasteiger partial charge is 0.242 e. The fourth-order valence-corrected chi connectivity index (χ4v) is 4.11. The van der Waals surface area contributed by atoms with Crippen molar-refractivity contribution >= 4 is 8.32 Å². The highest BCUT2D eigenvalue weighted by atomic mass is 28.4. The Bertz CT molecular complexity index is 467. The zero-order valence-electron chi connectivity index (χ0n) is 15.1. The molecular weight excluding hydrogens is 288 g/mol. The first-order valence-corrected chi connectivity index (χ1v) is 11.8. The van der Waals surface area contributed by atoms with Gasteiger partial charge in [0, 0.05) is 32.2 Å². The lowest BCUT2D eigenvalue weighted by Gasteiger charge is -2.42. The van der Waals surface area contributed by atoms with E-state index in [4.69, 9.17) is 4.43 Å². The summed E-state index contributed by atoms with van der Waals surface area (Å²) in [5.41, 5.74) is 1.62. The Balaban J connectivity index is 2.20. The molecule has 1 saturated heterocycles. The van der Waals surface area contributed by atoms with E-state index in [1.165, 1.54) is 5.56 Å². The predicted molar refractivity (Wildman–Crippen MR) is 97.1 cm³/mol. The van der Waals surface area contributed by atoms with Crippen LogP contribution in [0.15, 0.2) is 24.3 Å². The van der Waals surface area contributed by atoms with E-state index in [0.717, 1.165) is 31.9 Å². The third-order valence-corrected chi connectivity index (χ3v) is 4.80. The van der Waals surface area contributed by atoms with Crippen LogP contribution in [0.3, 0.4) is 0 Å². The van der Waals surface area contributed by atoms with E-state index in [9.17, 15) is 0 Å². The zero-order valence-corrected chi connectivity index (χ0v) is 16.1. The van der Waals surface area contributed by atoms with Crippen molar-refractivity contribution in [3.8, 4) is 5.75 Å². The fourth-order valence-electron chi connectivity index (χ4n) is 3.27. The number of nitrogens with zero attached hydrogens (tertiary/aromatic N) is 1. The van der Waals surface area contributed by atoms with Gasteiger partial charge < -0.3 is 9.74 Å². The predicted octanol–water partition coefficient (Wildman–Crippen LogP) is 3.89. The number of piperazine rings is 1. The molecule has 1 aromatic rings. The third kappa shape index (κ3) is 4.83. The molecule has 124 valence electrons. The Labute approximate surface area is 137 Å². The number of hydrogen-bond acceptors (Lipinski definition) is 3. The average molecular weight is 321 g/mol. The van der Waals surface area contributed by atoms with Gasteiger partial charge in [-0.15, -0.1) is 0 Å². The maximum absolute atomic E-state index is 6.08. The van der Waals surface area contributed by atoms with Crippen molar-refractivity contribution in [3.05, 3.63) is 29.8 Å². The lowest BCUT2D eigenvalue weighted by atomic mass is 9.81. The van der Waals surface area contributed by atoms with E-state index in [0.29, 0.717) is 6.04 Å². The molecule has 1 fully saturated rings. The van der Waals surface area contributed by atoms with E-state index in [1.54, 1.807) is 0 Å². The second-order valence-electron chi connectivity index (χ2n) is 8.34. The summed E-state index contributed by atoms with van der Waals surface area (Å²) >= 11 is 0. The number of rotatable bonds is 4. The summed E-state index contributed by atoms with van der Waals surface area (Å²) in [5.74, 6) is 1.01. The normalized spacial score (nSPS) is 19.0. The van der Waals surface area contributed by atoms with Gasteiger partial charge in [0.1, 0.15) is 5.75 Å². The van der Waals surface area contributed by atoms with Crippen molar-refractivity contribution in [1.82, 2.24) is 10.2 Å². The van der Waals surface area contributed by atoms with Gasteiger partial charge in [-0.05, 0) is 42.8 Å². The van der Waals surface area contributed by atoms with Crippen LogP contribution in [0.5, 0.6) is 5.75 Å². The van der Waals surface area contributed by atoms with Gasteiger partial charge in [0.2, 0.25) is 8.32 Å². The Morgan fingerprint density at radius 3 is 2.05 bits per heavy atom. The first-order valence-electron chi connectivity index (χ1n) is 8.40. The minimum Gasteiger partial charge on any atom is -0.544 e. The highest BCUT2D eigenvalue weighted by molar-refractivity contribution is 6.70. The number of benzene rings is 1. The highest BCUT2D eigenvalue weighted by Crippen LogP contribution is 2.38. The average Bonchev–Trinajstić information content (AvgIpc) is 2.39. The lowest BCUT2D eigenvalue weighted by molar-refractivity contribution is 0.0862. The Morgan fingerprint density at radius 2 is 1.59 bits per heavy atom. The quantitative estimate of drug-likeness (QED) is 0.852. The maximum atomic E-state index is 6.08. The van der Waals surface area contributed by atoms with E-state index in [2.05, 4.69) is 74.9 Å². The summed E-state index contributed by atoms with van der Waals surface area (Å²) in [4.78, 5) is 2.62. The molecule has 1 aromatic carbocycles. The van der Waals surface area contributed by atoms with Crippen LogP contribution in [0.2, 0.25) is 19.6 Å². The Morgan fingerprint density at radius 1 is 1.05 bits per heavy atom. The molecule has 0 unspecified atom stereocenters. The van der Waals surface area contributed by atoms with Gasteiger partial charge in [-0.3, -0.25) is 4.90 Å². The summed E-state index contributed by atoms with van der Waals surface area (Å²) in [6.07, 6.45) is 0. The Hall–Kier alpha value is -0.843. The zero-order chi connectivity index (χ0) is 16.4. The molecule has 0 spiro atoms. The molecule has 1 N–H and O–H groups in total. The lowest BCUT2D eigenvalue weighted by Crippen LogP contribution is -2.48. The molecule has 0 radical (unpaired) electrons. The van der Waals surface area contributed by atoms with E-state index < -0.39 is 8.32 Å². The van der Waals surface area contributed by atoms with Crippen LogP contribution < -0.4 is 9.74 Å². The standard InChI is InChI=1S/C18H32N2OSi/c1-18(2,3)17(20-13-11-19-12-14-20)15-7-9-16(10-8-15)21-22(4,5)6/h7-10,17,19H,11-14H2,1-6H3/t17-/m0/s1. The molecule has 0 aliphatic carbocycles. The molecule has 0 saturated carbocycles.